The van der Waals surface area contributed by atoms with E-state index in [0.29, 0.717) is 6.61 Å². The van der Waals surface area contributed by atoms with Crippen LogP contribution in [0.2, 0.25) is 5.02 Å². The van der Waals surface area contributed by atoms with Gasteiger partial charge in [-0.3, -0.25) is 0 Å². The van der Waals surface area contributed by atoms with Gasteiger partial charge < -0.3 is 4.74 Å². The smallest absolute Gasteiger partial charge is 0.148 e. The van der Waals surface area contributed by atoms with Crippen molar-refractivity contribution in [3.05, 3.63) is 28.8 Å². The lowest BCUT2D eigenvalue weighted by Crippen LogP contribution is -1.93. The largest absolute Gasteiger partial charge is 0.494 e. The van der Waals surface area contributed by atoms with E-state index in [-0.39, 0.29) is 5.75 Å². The van der Waals surface area contributed by atoms with Gasteiger partial charge in [0.05, 0.1) is 6.61 Å². The highest BCUT2D eigenvalue weighted by Gasteiger charge is 2.08. The third kappa shape index (κ3) is 1.85. The summed E-state index contributed by atoms with van der Waals surface area (Å²) in [6.07, 6.45) is 0. The minimum absolute atomic E-state index is 0.150. The van der Waals surface area contributed by atoms with Crippen LogP contribution in [0, 0.1) is 11.6 Å². The van der Waals surface area contributed by atoms with Crippen LogP contribution in [0.25, 0.3) is 0 Å². The molecule has 0 bridgehead atoms. The predicted molar refractivity (Wildman–Crippen MR) is 42.5 cm³/mol. The van der Waals surface area contributed by atoms with Gasteiger partial charge in [-0.1, -0.05) is 11.6 Å². The summed E-state index contributed by atoms with van der Waals surface area (Å²) in [5.74, 6) is -1.46. The molecule has 1 aromatic rings. The van der Waals surface area contributed by atoms with Crippen molar-refractivity contribution in [2.45, 2.75) is 6.92 Å². The number of rotatable bonds is 2. The Morgan fingerprint density at radius 3 is 2.25 bits per heavy atom. The molecule has 0 radical (unpaired) electrons. The Morgan fingerprint density at radius 2 is 1.83 bits per heavy atom. The second-order valence-electron chi connectivity index (χ2n) is 2.13. The Labute approximate surface area is 73.9 Å². The van der Waals surface area contributed by atoms with Crippen molar-refractivity contribution in [2.75, 3.05) is 6.61 Å². The minimum Gasteiger partial charge on any atom is -0.494 e. The van der Waals surface area contributed by atoms with E-state index in [0.717, 1.165) is 12.1 Å². The van der Waals surface area contributed by atoms with Crippen molar-refractivity contribution in [2.24, 2.45) is 0 Å². The molecule has 0 aliphatic heterocycles. The van der Waals surface area contributed by atoms with Gasteiger partial charge in [-0.05, 0) is 6.92 Å². The van der Waals surface area contributed by atoms with Gasteiger partial charge in [0.25, 0.3) is 0 Å². The third-order valence-electron chi connectivity index (χ3n) is 1.27. The maximum Gasteiger partial charge on any atom is 0.148 e. The first-order valence-corrected chi connectivity index (χ1v) is 3.80. The topological polar surface area (TPSA) is 9.23 Å². The summed E-state index contributed by atoms with van der Waals surface area (Å²) in [6, 6.07) is 2.10. The molecule has 1 rings (SSSR count). The quantitative estimate of drug-likeness (QED) is 0.655. The first-order chi connectivity index (χ1) is 5.65. The van der Waals surface area contributed by atoms with E-state index in [1.165, 1.54) is 0 Å². The minimum atomic E-state index is -0.805. The normalized spacial score (nSPS) is 10.0. The maximum absolute atomic E-state index is 12.7. The summed E-state index contributed by atoms with van der Waals surface area (Å²) < 4.78 is 30.3. The number of hydrogen-bond donors (Lipinski definition) is 0. The molecule has 1 aromatic carbocycles. The molecule has 12 heavy (non-hydrogen) atoms. The molecule has 4 heteroatoms. The fourth-order valence-electron chi connectivity index (χ4n) is 0.782. The first-order valence-electron chi connectivity index (χ1n) is 3.42. The van der Waals surface area contributed by atoms with Crippen LogP contribution in [0.15, 0.2) is 12.1 Å². The Hall–Kier alpha value is -0.830. The van der Waals surface area contributed by atoms with Crippen LogP contribution in [-0.2, 0) is 0 Å². The maximum atomic E-state index is 12.7. The van der Waals surface area contributed by atoms with E-state index in [1.807, 2.05) is 0 Å². The van der Waals surface area contributed by atoms with Crippen LogP contribution < -0.4 is 4.74 Å². The van der Waals surface area contributed by atoms with E-state index in [1.54, 1.807) is 6.92 Å². The lowest BCUT2D eigenvalue weighted by Gasteiger charge is -2.03. The molecule has 0 saturated heterocycles. The lowest BCUT2D eigenvalue weighted by atomic mass is 10.3. The molecule has 0 spiro atoms. The summed E-state index contributed by atoms with van der Waals surface area (Å²) in [4.78, 5) is 0. The van der Waals surface area contributed by atoms with Crippen molar-refractivity contribution in [3.63, 3.8) is 0 Å². The van der Waals surface area contributed by atoms with Gasteiger partial charge in [-0.15, -0.1) is 0 Å². The molecule has 0 unspecified atom stereocenters. The highest BCUT2D eigenvalue weighted by molar-refractivity contribution is 6.30. The van der Waals surface area contributed by atoms with Crippen LogP contribution in [0.1, 0.15) is 6.92 Å². The molecule has 0 aromatic heterocycles. The van der Waals surface area contributed by atoms with E-state index < -0.39 is 16.7 Å². The molecular weight excluding hydrogens is 186 g/mol. The molecule has 0 atom stereocenters. The highest BCUT2D eigenvalue weighted by Crippen LogP contribution is 2.24. The zero-order chi connectivity index (χ0) is 9.14. The van der Waals surface area contributed by atoms with Gasteiger partial charge >= 0.3 is 0 Å². The summed E-state index contributed by atoms with van der Waals surface area (Å²) in [7, 11) is 0. The van der Waals surface area contributed by atoms with Crippen molar-refractivity contribution in [1.82, 2.24) is 0 Å². The van der Waals surface area contributed by atoms with Crippen LogP contribution in [0.5, 0.6) is 5.75 Å². The van der Waals surface area contributed by atoms with Gasteiger partial charge in [0.1, 0.15) is 22.4 Å². The summed E-state index contributed by atoms with van der Waals surface area (Å²) in [5.41, 5.74) is 0. The van der Waals surface area contributed by atoms with Crippen LogP contribution >= 0.6 is 11.6 Å². The summed E-state index contributed by atoms with van der Waals surface area (Å²) in [5, 5.41) is -0.501. The Balaban J connectivity index is 3.04. The van der Waals surface area contributed by atoms with Crippen molar-refractivity contribution in [3.8, 4) is 5.75 Å². The zero-order valence-electron chi connectivity index (χ0n) is 6.40. The molecule has 0 saturated carbocycles. The number of halogens is 3. The SMILES string of the molecule is CCOc1cc(F)c(Cl)c(F)c1. The first kappa shape index (κ1) is 9.26. The molecular formula is C8H7ClF2O. The second kappa shape index (κ2) is 3.72. The molecule has 0 heterocycles. The highest BCUT2D eigenvalue weighted by atomic mass is 35.5. The zero-order valence-corrected chi connectivity index (χ0v) is 7.16. The van der Waals surface area contributed by atoms with Gasteiger partial charge in [0.2, 0.25) is 0 Å². The molecule has 0 aliphatic rings. The molecule has 0 amide bonds. The van der Waals surface area contributed by atoms with Gasteiger partial charge in [-0.25, -0.2) is 8.78 Å². The fourth-order valence-corrected chi connectivity index (χ4v) is 0.891. The van der Waals surface area contributed by atoms with Gasteiger partial charge in [-0.2, -0.15) is 0 Å². The second-order valence-corrected chi connectivity index (χ2v) is 2.51. The number of ether oxygens (including phenoxy) is 1. The van der Waals surface area contributed by atoms with Crippen LogP contribution in [-0.4, -0.2) is 6.61 Å². The van der Waals surface area contributed by atoms with Crippen molar-refractivity contribution in [1.29, 1.82) is 0 Å². The Morgan fingerprint density at radius 1 is 1.33 bits per heavy atom. The standard InChI is InChI=1S/C8H7ClF2O/c1-2-12-5-3-6(10)8(9)7(11)4-5/h3-4H,2H2,1H3. The average Bonchev–Trinajstić information content (AvgIpc) is 2.01. The van der Waals surface area contributed by atoms with E-state index in [4.69, 9.17) is 16.3 Å². The van der Waals surface area contributed by atoms with Crippen molar-refractivity contribution >= 4 is 11.6 Å². The van der Waals surface area contributed by atoms with Gasteiger partial charge in [0, 0.05) is 12.1 Å². The third-order valence-corrected chi connectivity index (χ3v) is 1.63. The summed E-state index contributed by atoms with van der Waals surface area (Å²) in [6.45, 7) is 2.09. The molecule has 0 aliphatic carbocycles. The molecule has 0 N–H and O–H groups in total. The number of benzene rings is 1. The van der Waals surface area contributed by atoms with Crippen LogP contribution in [0.3, 0.4) is 0 Å². The van der Waals surface area contributed by atoms with E-state index in [2.05, 4.69) is 0 Å². The number of hydrogen-bond acceptors (Lipinski definition) is 1. The molecule has 1 nitrogen and oxygen atoms in total. The van der Waals surface area contributed by atoms with Gasteiger partial charge in [0.15, 0.2) is 0 Å². The fraction of sp³-hybridized carbons (Fsp3) is 0.250. The Bertz CT molecular complexity index is 265. The predicted octanol–water partition coefficient (Wildman–Crippen LogP) is 3.02. The lowest BCUT2D eigenvalue weighted by molar-refractivity contribution is 0.336. The van der Waals surface area contributed by atoms with Crippen LogP contribution in [0.4, 0.5) is 8.78 Å². The molecule has 0 fully saturated rings. The summed E-state index contributed by atoms with van der Waals surface area (Å²) >= 11 is 5.24. The average molecular weight is 193 g/mol. The Kier molecular flexibility index (Phi) is 2.87. The van der Waals surface area contributed by atoms with E-state index >= 15 is 0 Å². The van der Waals surface area contributed by atoms with Crippen molar-refractivity contribution < 1.29 is 13.5 Å². The molecule has 66 valence electrons. The monoisotopic (exact) mass is 192 g/mol. The van der Waals surface area contributed by atoms with E-state index in [9.17, 15) is 8.78 Å².